The van der Waals surface area contributed by atoms with E-state index in [0.29, 0.717) is 11.4 Å². The first-order valence-corrected chi connectivity index (χ1v) is 10.7. The summed E-state index contributed by atoms with van der Waals surface area (Å²) in [6.45, 7) is 3.37. The first-order chi connectivity index (χ1) is 13.2. The van der Waals surface area contributed by atoms with Crippen molar-refractivity contribution < 1.29 is 22.7 Å². The van der Waals surface area contributed by atoms with Gasteiger partial charge in [0.15, 0.2) is 15.9 Å². The van der Waals surface area contributed by atoms with Gasteiger partial charge in [-0.1, -0.05) is 24.3 Å². The van der Waals surface area contributed by atoms with Gasteiger partial charge in [-0.3, -0.25) is 9.59 Å². The Morgan fingerprint density at radius 1 is 1.14 bits per heavy atom. The second kappa shape index (κ2) is 7.63. The lowest BCUT2D eigenvalue weighted by Crippen LogP contribution is -2.50. The fourth-order valence-electron chi connectivity index (χ4n) is 3.06. The molecule has 0 aromatic heterocycles. The number of ether oxygens (including phenoxy) is 1. The highest BCUT2D eigenvalue weighted by Gasteiger charge is 2.33. The number of amides is 2. The molecule has 0 fully saturated rings. The molecule has 28 heavy (non-hydrogen) atoms. The molecule has 0 unspecified atom stereocenters. The van der Waals surface area contributed by atoms with E-state index in [1.54, 1.807) is 43.3 Å². The van der Waals surface area contributed by atoms with Gasteiger partial charge in [0, 0.05) is 13.2 Å². The summed E-state index contributed by atoms with van der Waals surface area (Å²) in [4.78, 5) is 26.4. The molecule has 3 rings (SSSR count). The molecule has 0 saturated carbocycles. The maximum atomic E-state index is 12.7. The summed E-state index contributed by atoms with van der Waals surface area (Å²) in [5.41, 5.74) is 1.41. The SMILES string of the molecule is CC(=O)N1C[C@@H](C(=O)N[C@@H](C)c2ccc(S(C)(=O)=O)cc2)Oc2ccccc21. The maximum absolute atomic E-state index is 12.7. The van der Waals surface area contributed by atoms with Crippen molar-refractivity contribution in [3.63, 3.8) is 0 Å². The van der Waals surface area contributed by atoms with Crippen LogP contribution in [0.3, 0.4) is 0 Å². The van der Waals surface area contributed by atoms with E-state index in [9.17, 15) is 18.0 Å². The molecule has 2 aromatic rings. The highest BCUT2D eigenvalue weighted by atomic mass is 32.2. The van der Waals surface area contributed by atoms with Crippen molar-refractivity contribution >= 4 is 27.3 Å². The molecule has 1 N–H and O–H groups in total. The molecule has 0 spiro atoms. The van der Waals surface area contributed by atoms with E-state index >= 15 is 0 Å². The van der Waals surface area contributed by atoms with Crippen LogP contribution >= 0.6 is 0 Å². The van der Waals surface area contributed by atoms with Crippen molar-refractivity contribution in [1.82, 2.24) is 5.32 Å². The Morgan fingerprint density at radius 3 is 2.39 bits per heavy atom. The number of fused-ring (bicyclic) bond motifs is 1. The highest BCUT2D eigenvalue weighted by Crippen LogP contribution is 2.33. The normalized spacial score (nSPS) is 17.2. The molecular formula is C20H22N2O5S. The minimum Gasteiger partial charge on any atom is -0.477 e. The second-order valence-electron chi connectivity index (χ2n) is 6.78. The molecule has 7 nitrogen and oxygen atoms in total. The van der Waals surface area contributed by atoms with E-state index in [1.807, 2.05) is 0 Å². The van der Waals surface area contributed by atoms with Crippen molar-refractivity contribution in [1.29, 1.82) is 0 Å². The summed E-state index contributed by atoms with van der Waals surface area (Å²) in [5, 5.41) is 2.86. The molecule has 2 atom stereocenters. The zero-order valence-electron chi connectivity index (χ0n) is 15.9. The van der Waals surface area contributed by atoms with Gasteiger partial charge in [0.05, 0.1) is 23.2 Å². The van der Waals surface area contributed by atoms with Crippen LogP contribution in [0.15, 0.2) is 53.4 Å². The summed E-state index contributed by atoms with van der Waals surface area (Å²) in [7, 11) is -3.27. The van der Waals surface area contributed by atoms with Gasteiger partial charge in [-0.25, -0.2) is 8.42 Å². The third-order valence-corrected chi connectivity index (χ3v) is 5.74. The fourth-order valence-corrected chi connectivity index (χ4v) is 3.69. The first kappa shape index (κ1) is 19.9. The van der Waals surface area contributed by atoms with Crippen LogP contribution in [0.5, 0.6) is 5.75 Å². The molecule has 1 aliphatic rings. The number of anilines is 1. The third kappa shape index (κ3) is 4.17. The molecule has 1 heterocycles. The second-order valence-corrected chi connectivity index (χ2v) is 8.79. The average Bonchev–Trinajstić information content (AvgIpc) is 2.66. The third-order valence-electron chi connectivity index (χ3n) is 4.61. The number of nitrogens with zero attached hydrogens (tertiary/aromatic N) is 1. The molecule has 0 bridgehead atoms. The molecule has 8 heteroatoms. The minimum absolute atomic E-state index is 0.123. The lowest BCUT2D eigenvalue weighted by molar-refractivity contribution is -0.129. The number of hydrogen-bond acceptors (Lipinski definition) is 5. The van der Waals surface area contributed by atoms with Crippen molar-refractivity contribution in [2.75, 3.05) is 17.7 Å². The lowest BCUT2D eigenvalue weighted by Gasteiger charge is -2.34. The number of para-hydroxylation sites is 2. The van der Waals surface area contributed by atoms with Crippen molar-refractivity contribution in [2.45, 2.75) is 30.9 Å². The van der Waals surface area contributed by atoms with Crippen LogP contribution in [0, 0.1) is 0 Å². The largest absolute Gasteiger partial charge is 0.477 e. The van der Waals surface area contributed by atoms with Gasteiger partial charge in [-0.15, -0.1) is 0 Å². The van der Waals surface area contributed by atoms with Crippen LogP contribution in [-0.4, -0.2) is 39.1 Å². The van der Waals surface area contributed by atoms with E-state index in [2.05, 4.69) is 5.32 Å². The minimum atomic E-state index is -3.27. The van der Waals surface area contributed by atoms with Gasteiger partial charge in [-0.05, 0) is 36.8 Å². The van der Waals surface area contributed by atoms with E-state index in [4.69, 9.17) is 4.74 Å². The standard InChI is InChI=1S/C20H22N2O5S/c1-13(15-8-10-16(11-9-15)28(3,25)26)21-20(24)19-12-22(14(2)23)17-6-4-5-7-18(17)27-19/h4-11,13,19H,12H2,1-3H3,(H,21,24)/t13-,19-/m0/s1. The fraction of sp³-hybridized carbons (Fsp3) is 0.300. The van der Waals surface area contributed by atoms with Crippen LogP contribution in [-0.2, 0) is 19.4 Å². The number of nitrogens with one attached hydrogen (secondary N) is 1. The van der Waals surface area contributed by atoms with Crippen LogP contribution in [0.2, 0.25) is 0 Å². The van der Waals surface area contributed by atoms with Gasteiger partial charge >= 0.3 is 0 Å². The van der Waals surface area contributed by atoms with Gasteiger partial charge in [-0.2, -0.15) is 0 Å². The van der Waals surface area contributed by atoms with Gasteiger partial charge in [0.2, 0.25) is 5.91 Å². The van der Waals surface area contributed by atoms with Crippen molar-refractivity contribution in [3.8, 4) is 5.75 Å². The van der Waals surface area contributed by atoms with Crippen molar-refractivity contribution in [3.05, 3.63) is 54.1 Å². The Hall–Kier alpha value is -2.87. The molecule has 0 radical (unpaired) electrons. The van der Waals surface area contributed by atoms with Crippen molar-refractivity contribution in [2.24, 2.45) is 0 Å². The highest BCUT2D eigenvalue weighted by molar-refractivity contribution is 7.90. The van der Waals surface area contributed by atoms with E-state index in [-0.39, 0.29) is 29.3 Å². The Kier molecular flexibility index (Phi) is 5.42. The van der Waals surface area contributed by atoms with Crippen LogP contribution in [0.1, 0.15) is 25.5 Å². The molecule has 1 aliphatic heterocycles. The molecular weight excluding hydrogens is 380 g/mol. The summed E-state index contributed by atoms with van der Waals surface area (Å²) in [6, 6.07) is 13.1. The predicted octanol–water partition coefficient (Wildman–Crippen LogP) is 2.08. The molecule has 0 aliphatic carbocycles. The number of rotatable bonds is 4. The number of hydrogen-bond donors (Lipinski definition) is 1. The van der Waals surface area contributed by atoms with Crippen LogP contribution < -0.4 is 15.0 Å². The van der Waals surface area contributed by atoms with E-state index < -0.39 is 15.9 Å². The summed E-state index contributed by atoms with van der Waals surface area (Å²) >= 11 is 0. The zero-order chi connectivity index (χ0) is 20.5. The number of carbonyl (C=O) groups excluding carboxylic acids is 2. The van der Waals surface area contributed by atoms with Gasteiger partial charge < -0.3 is 15.0 Å². The predicted molar refractivity (Wildman–Crippen MR) is 105 cm³/mol. The Labute approximate surface area is 164 Å². The van der Waals surface area contributed by atoms with E-state index in [1.165, 1.54) is 24.0 Å². The Bertz CT molecular complexity index is 1000. The Balaban J connectivity index is 1.73. The molecule has 2 aromatic carbocycles. The number of carbonyl (C=O) groups is 2. The number of benzene rings is 2. The summed E-state index contributed by atoms with van der Waals surface area (Å²) in [6.07, 6.45) is 0.309. The Morgan fingerprint density at radius 2 is 1.79 bits per heavy atom. The topological polar surface area (TPSA) is 92.8 Å². The average molecular weight is 402 g/mol. The van der Waals surface area contributed by atoms with Gasteiger partial charge in [0.1, 0.15) is 5.75 Å². The summed E-state index contributed by atoms with van der Waals surface area (Å²) < 4.78 is 28.9. The van der Waals surface area contributed by atoms with Crippen LogP contribution in [0.4, 0.5) is 5.69 Å². The molecule has 148 valence electrons. The number of sulfone groups is 1. The maximum Gasteiger partial charge on any atom is 0.263 e. The lowest BCUT2D eigenvalue weighted by atomic mass is 10.1. The smallest absolute Gasteiger partial charge is 0.263 e. The van der Waals surface area contributed by atoms with E-state index in [0.717, 1.165) is 11.8 Å². The molecule has 2 amide bonds. The zero-order valence-corrected chi connectivity index (χ0v) is 16.7. The van der Waals surface area contributed by atoms with Gasteiger partial charge in [0.25, 0.3) is 5.91 Å². The molecule has 0 saturated heterocycles. The quantitative estimate of drug-likeness (QED) is 0.845. The van der Waals surface area contributed by atoms with Crippen LogP contribution in [0.25, 0.3) is 0 Å². The monoisotopic (exact) mass is 402 g/mol. The first-order valence-electron chi connectivity index (χ1n) is 8.81. The summed E-state index contributed by atoms with van der Waals surface area (Å²) in [5.74, 6) is -0.0346.